The molecular formula is C24H24N4O3. The van der Waals surface area contributed by atoms with E-state index in [1.807, 2.05) is 36.4 Å². The summed E-state index contributed by atoms with van der Waals surface area (Å²) in [5.74, 6) is -0.459. The van der Waals surface area contributed by atoms with Gasteiger partial charge in [0.15, 0.2) is 5.60 Å². The Morgan fingerprint density at radius 3 is 2.71 bits per heavy atom. The molecule has 1 aliphatic heterocycles. The predicted octanol–water partition coefficient (Wildman–Crippen LogP) is 2.34. The van der Waals surface area contributed by atoms with Crippen molar-refractivity contribution in [3.05, 3.63) is 84.4 Å². The van der Waals surface area contributed by atoms with Crippen molar-refractivity contribution in [2.75, 3.05) is 26.7 Å². The van der Waals surface area contributed by atoms with Gasteiger partial charge in [0.05, 0.1) is 13.2 Å². The van der Waals surface area contributed by atoms with Gasteiger partial charge in [-0.1, -0.05) is 36.4 Å². The minimum absolute atomic E-state index is 0.152. The lowest BCUT2D eigenvalue weighted by atomic mass is 9.90. The summed E-state index contributed by atoms with van der Waals surface area (Å²) in [6.07, 6.45) is 5.46. The predicted molar refractivity (Wildman–Crippen MR) is 116 cm³/mol. The van der Waals surface area contributed by atoms with Gasteiger partial charge in [0.1, 0.15) is 5.69 Å². The first-order valence-corrected chi connectivity index (χ1v) is 10.2. The van der Waals surface area contributed by atoms with E-state index in [1.54, 1.807) is 48.7 Å². The van der Waals surface area contributed by atoms with Crippen molar-refractivity contribution in [3.63, 3.8) is 0 Å². The Balaban J connectivity index is 1.61. The van der Waals surface area contributed by atoms with Crippen LogP contribution in [0.1, 0.15) is 16.1 Å². The molecule has 31 heavy (non-hydrogen) atoms. The second kappa shape index (κ2) is 9.06. The zero-order valence-corrected chi connectivity index (χ0v) is 17.3. The summed E-state index contributed by atoms with van der Waals surface area (Å²) >= 11 is 0. The largest absolute Gasteiger partial charge is 0.361 e. The molecule has 1 saturated heterocycles. The first-order chi connectivity index (χ1) is 15.1. The smallest absolute Gasteiger partial charge is 0.272 e. The molecule has 2 amide bonds. The molecule has 1 unspecified atom stereocenters. The highest BCUT2D eigenvalue weighted by Crippen LogP contribution is 2.27. The molecule has 4 rings (SSSR count). The van der Waals surface area contributed by atoms with E-state index < -0.39 is 5.60 Å². The summed E-state index contributed by atoms with van der Waals surface area (Å²) in [6, 6.07) is 17.1. The maximum Gasteiger partial charge on any atom is 0.272 e. The first kappa shape index (κ1) is 20.7. The fraction of sp³-hybridized carbons (Fsp3) is 0.250. The molecule has 1 aromatic carbocycles. The average molecular weight is 416 g/mol. The maximum absolute atomic E-state index is 13.0. The average Bonchev–Trinajstić information content (AvgIpc) is 2.84. The number of benzene rings is 1. The Morgan fingerprint density at radius 1 is 1.10 bits per heavy atom. The number of nitrogens with zero attached hydrogens (tertiary/aromatic N) is 3. The van der Waals surface area contributed by atoms with Crippen LogP contribution in [-0.2, 0) is 16.0 Å². The van der Waals surface area contributed by atoms with Gasteiger partial charge in [0.25, 0.3) is 11.8 Å². The summed E-state index contributed by atoms with van der Waals surface area (Å²) in [7, 11) is 1.58. The molecule has 7 heteroatoms. The first-order valence-electron chi connectivity index (χ1n) is 10.2. The number of likely N-dealkylation sites (N-methyl/N-ethyl adjacent to an activating group) is 1. The van der Waals surface area contributed by atoms with Crippen LogP contribution in [-0.4, -0.2) is 59.0 Å². The zero-order chi connectivity index (χ0) is 21.7. The molecule has 0 bridgehead atoms. The number of carbonyl (C=O) groups excluding carboxylic acids is 2. The third-order valence-electron chi connectivity index (χ3n) is 5.41. The van der Waals surface area contributed by atoms with Crippen molar-refractivity contribution in [1.82, 2.24) is 20.2 Å². The molecule has 0 saturated carbocycles. The highest BCUT2D eigenvalue weighted by molar-refractivity contribution is 5.93. The summed E-state index contributed by atoms with van der Waals surface area (Å²) < 4.78 is 6.05. The van der Waals surface area contributed by atoms with E-state index in [1.165, 1.54) is 0 Å². The Kier molecular flexibility index (Phi) is 6.04. The monoisotopic (exact) mass is 416 g/mol. The summed E-state index contributed by atoms with van der Waals surface area (Å²) in [6.45, 7) is 0.831. The van der Waals surface area contributed by atoms with Gasteiger partial charge in [-0.3, -0.25) is 19.6 Å². The maximum atomic E-state index is 13.0. The van der Waals surface area contributed by atoms with E-state index in [0.29, 0.717) is 18.7 Å². The Labute approximate surface area is 181 Å². The minimum atomic E-state index is -1.18. The zero-order valence-electron chi connectivity index (χ0n) is 17.3. The molecule has 1 atom stereocenters. The SMILES string of the molecule is CNC(=O)C1(Cc2cccc(-c3cccnc3)c2)CN(C(=O)c2ccccn2)CCO1. The van der Waals surface area contributed by atoms with Crippen molar-refractivity contribution in [3.8, 4) is 11.1 Å². The molecular weight excluding hydrogens is 392 g/mol. The van der Waals surface area contributed by atoms with Gasteiger partial charge in [-0.25, -0.2) is 0 Å². The van der Waals surface area contributed by atoms with Crippen LogP contribution in [0.25, 0.3) is 11.1 Å². The third-order valence-corrected chi connectivity index (χ3v) is 5.41. The van der Waals surface area contributed by atoms with Crippen molar-refractivity contribution in [2.24, 2.45) is 0 Å². The van der Waals surface area contributed by atoms with Gasteiger partial charge in [-0.05, 0) is 34.9 Å². The molecule has 1 fully saturated rings. The van der Waals surface area contributed by atoms with Crippen LogP contribution in [0.3, 0.4) is 0 Å². The number of rotatable bonds is 5. The van der Waals surface area contributed by atoms with Crippen LogP contribution >= 0.6 is 0 Å². The van der Waals surface area contributed by atoms with Gasteiger partial charge in [-0.2, -0.15) is 0 Å². The second-order valence-electron chi connectivity index (χ2n) is 7.48. The highest BCUT2D eigenvalue weighted by atomic mass is 16.5. The third kappa shape index (κ3) is 4.46. The number of hydrogen-bond donors (Lipinski definition) is 1. The number of pyridine rings is 2. The van der Waals surface area contributed by atoms with Gasteiger partial charge in [-0.15, -0.1) is 0 Å². The molecule has 158 valence electrons. The standard InChI is InChI=1S/C24H24N4O3/c1-25-23(30)24(15-18-6-4-7-19(14-18)20-8-5-10-26-16-20)17-28(12-13-31-24)22(29)21-9-2-3-11-27-21/h2-11,14,16H,12-13,15,17H2,1H3,(H,25,30). The lowest BCUT2D eigenvalue weighted by molar-refractivity contribution is -0.156. The van der Waals surface area contributed by atoms with E-state index in [4.69, 9.17) is 4.74 Å². The number of ether oxygens (including phenoxy) is 1. The van der Waals surface area contributed by atoms with Crippen LogP contribution in [0.5, 0.6) is 0 Å². The fourth-order valence-electron chi connectivity index (χ4n) is 3.89. The Morgan fingerprint density at radius 2 is 1.97 bits per heavy atom. The number of aromatic nitrogens is 2. The lowest BCUT2D eigenvalue weighted by Gasteiger charge is -2.41. The normalized spacial score (nSPS) is 18.4. The molecule has 0 aliphatic carbocycles. The summed E-state index contributed by atoms with van der Waals surface area (Å²) in [5.41, 5.74) is 2.13. The number of amides is 2. The molecule has 0 radical (unpaired) electrons. The minimum Gasteiger partial charge on any atom is -0.361 e. The van der Waals surface area contributed by atoms with Crippen LogP contribution in [0, 0.1) is 0 Å². The molecule has 1 N–H and O–H groups in total. The lowest BCUT2D eigenvalue weighted by Crippen LogP contribution is -2.61. The van der Waals surface area contributed by atoms with Gasteiger partial charge >= 0.3 is 0 Å². The number of morpholine rings is 1. The van der Waals surface area contributed by atoms with E-state index in [-0.39, 0.29) is 25.0 Å². The number of nitrogens with one attached hydrogen (secondary N) is 1. The quantitative estimate of drug-likeness (QED) is 0.690. The molecule has 2 aromatic heterocycles. The Bertz CT molecular complexity index is 1060. The van der Waals surface area contributed by atoms with Crippen LogP contribution < -0.4 is 5.32 Å². The van der Waals surface area contributed by atoms with E-state index in [9.17, 15) is 9.59 Å². The molecule has 0 spiro atoms. The van der Waals surface area contributed by atoms with Crippen molar-refractivity contribution in [2.45, 2.75) is 12.0 Å². The molecule has 7 nitrogen and oxygen atoms in total. The topological polar surface area (TPSA) is 84.4 Å². The number of carbonyl (C=O) groups is 2. The Hall–Kier alpha value is -3.58. The van der Waals surface area contributed by atoms with Gasteiger partial charge < -0.3 is 15.0 Å². The summed E-state index contributed by atoms with van der Waals surface area (Å²) in [5, 5.41) is 2.71. The van der Waals surface area contributed by atoms with Crippen LogP contribution in [0.4, 0.5) is 0 Å². The van der Waals surface area contributed by atoms with Crippen LogP contribution in [0.2, 0.25) is 0 Å². The number of hydrogen-bond acceptors (Lipinski definition) is 5. The van der Waals surface area contributed by atoms with E-state index >= 15 is 0 Å². The molecule has 3 heterocycles. The fourth-order valence-corrected chi connectivity index (χ4v) is 3.89. The molecule has 1 aliphatic rings. The summed E-state index contributed by atoms with van der Waals surface area (Å²) in [4.78, 5) is 35.9. The second-order valence-corrected chi connectivity index (χ2v) is 7.48. The van der Waals surface area contributed by atoms with E-state index in [2.05, 4.69) is 15.3 Å². The highest BCUT2D eigenvalue weighted by Gasteiger charge is 2.45. The van der Waals surface area contributed by atoms with Gasteiger partial charge in [0.2, 0.25) is 0 Å². The van der Waals surface area contributed by atoms with Crippen molar-refractivity contribution < 1.29 is 14.3 Å². The van der Waals surface area contributed by atoms with Crippen LogP contribution in [0.15, 0.2) is 73.2 Å². The van der Waals surface area contributed by atoms with Gasteiger partial charge in [0, 0.05) is 38.6 Å². The van der Waals surface area contributed by atoms with Crippen molar-refractivity contribution in [1.29, 1.82) is 0 Å². The molecule has 3 aromatic rings. The van der Waals surface area contributed by atoms with Crippen molar-refractivity contribution >= 4 is 11.8 Å². The van der Waals surface area contributed by atoms with E-state index in [0.717, 1.165) is 16.7 Å².